The molecular weight excluding hydrogens is 174 g/mol. The first-order chi connectivity index (χ1) is 5.68. The Morgan fingerprint density at radius 1 is 1.50 bits per heavy atom. The van der Waals surface area contributed by atoms with Crippen LogP contribution in [0.15, 0.2) is 12.1 Å². The third-order valence-corrected chi connectivity index (χ3v) is 2.61. The molecule has 0 spiro atoms. The molecule has 0 fully saturated rings. The Kier molecular flexibility index (Phi) is 1.74. The number of benzene rings is 1. The minimum absolute atomic E-state index is 0.0492. The highest BCUT2D eigenvalue weighted by Crippen LogP contribution is 2.37. The number of phenolic OH excluding ortho intramolecular Hbond substituents is 1. The smallest absolute Gasteiger partial charge is 0.117 e. The van der Waals surface area contributed by atoms with Crippen LogP contribution in [0.3, 0.4) is 0 Å². The largest absolute Gasteiger partial charge is 0.508 e. The van der Waals surface area contributed by atoms with Gasteiger partial charge in [0, 0.05) is 11.1 Å². The monoisotopic (exact) mass is 183 g/mol. The molecule has 0 heterocycles. The van der Waals surface area contributed by atoms with Crippen molar-refractivity contribution >= 4 is 11.6 Å². The van der Waals surface area contributed by atoms with E-state index in [1.54, 1.807) is 12.1 Å². The molecule has 2 nitrogen and oxygen atoms in total. The van der Waals surface area contributed by atoms with Crippen LogP contribution in [0.4, 0.5) is 0 Å². The molecule has 0 saturated heterocycles. The summed E-state index contributed by atoms with van der Waals surface area (Å²) in [4.78, 5) is 0. The lowest BCUT2D eigenvalue weighted by Gasteiger charge is -2.07. The third-order valence-electron chi connectivity index (χ3n) is 2.30. The molecule has 0 unspecified atom stereocenters. The maximum absolute atomic E-state index is 9.24. The summed E-state index contributed by atoms with van der Waals surface area (Å²) in [6, 6.07) is 3.34. The highest BCUT2D eigenvalue weighted by molar-refractivity contribution is 6.31. The normalized spacial score (nSPS) is 21.0. The van der Waals surface area contributed by atoms with E-state index in [1.807, 2.05) is 0 Å². The molecule has 1 aliphatic carbocycles. The number of hydrogen-bond acceptors (Lipinski definition) is 2. The van der Waals surface area contributed by atoms with Gasteiger partial charge in [0.2, 0.25) is 0 Å². The number of hydrogen-bond donors (Lipinski definition) is 2. The van der Waals surface area contributed by atoms with E-state index in [2.05, 4.69) is 0 Å². The molecule has 2 rings (SSSR count). The van der Waals surface area contributed by atoms with E-state index in [0.717, 1.165) is 24.0 Å². The zero-order valence-corrected chi connectivity index (χ0v) is 7.30. The summed E-state index contributed by atoms with van der Waals surface area (Å²) in [5.74, 6) is 0.229. The first kappa shape index (κ1) is 7.90. The predicted molar refractivity (Wildman–Crippen MR) is 48.4 cm³/mol. The van der Waals surface area contributed by atoms with Crippen LogP contribution >= 0.6 is 11.6 Å². The van der Waals surface area contributed by atoms with Gasteiger partial charge in [-0.25, -0.2) is 0 Å². The average molecular weight is 184 g/mol. The SMILES string of the molecule is N[C@H]1CCc2cc(O)cc(Cl)c21. The molecule has 1 aliphatic rings. The Labute approximate surface area is 76.0 Å². The van der Waals surface area contributed by atoms with Crippen LogP contribution in [0.25, 0.3) is 0 Å². The van der Waals surface area contributed by atoms with Crippen molar-refractivity contribution in [1.82, 2.24) is 0 Å². The van der Waals surface area contributed by atoms with Gasteiger partial charge in [0.1, 0.15) is 5.75 Å². The number of fused-ring (bicyclic) bond motifs is 1. The van der Waals surface area contributed by atoms with Crippen molar-refractivity contribution in [1.29, 1.82) is 0 Å². The van der Waals surface area contributed by atoms with Gasteiger partial charge in [-0.1, -0.05) is 11.6 Å². The van der Waals surface area contributed by atoms with E-state index in [-0.39, 0.29) is 11.8 Å². The minimum atomic E-state index is 0.0492. The van der Waals surface area contributed by atoms with Gasteiger partial charge in [-0.2, -0.15) is 0 Å². The standard InChI is InChI=1S/C9H10ClNO/c10-7-4-6(12)3-5-1-2-8(11)9(5)7/h3-4,8,12H,1-2,11H2/t8-/m0/s1. The topological polar surface area (TPSA) is 46.2 Å². The van der Waals surface area contributed by atoms with E-state index >= 15 is 0 Å². The van der Waals surface area contributed by atoms with E-state index in [9.17, 15) is 5.11 Å². The van der Waals surface area contributed by atoms with Crippen molar-refractivity contribution in [2.75, 3.05) is 0 Å². The van der Waals surface area contributed by atoms with Crippen molar-refractivity contribution in [3.63, 3.8) is 0 Å². The van der Waals surface area contributed by atoms with Crippen LogP contribution in [-0.4, -0.2) is 5.11 Å². The Morgan fingerprint density at radius 3 is 3.00 bits per heavy atom. The summed E-state index contributed by atoms with van der Waals surface area (Å²) < 4.78 is 0. The second-order valence-electron chi connectivity index (χ2n) is 3.15. The molecule has 12 heavy (non-hydrogen) atoms. The summed E-state index contributed by atoms with van der Waals surface area (Å²) >= 11 is 5.93. The minimum Gasteiger partial charge on any atom is -0.508 e. The second-order valence-corrected chi connectivity index (χ2v) is 3.55. The molecule has 0 bridgehead atoms. The van der Waals surface area contributed by atoms with Gasteiger partial charge >= 0.3 is 0 Å². The molecule has 0 radical (unpaired) electrons. The fourth-order valence-corrected chi connectivity index (χ4v) is 2.11. The number of halogens is 1. The van der Waals surface area contributed by atoms with Gasteiger partial charge in [0.15, 0.2) is 0 Å². The van der Waals surface area contributed by atoms with Gasteiger partial charge in [-0.15, -0.1) is 0 Å². The van der Waals surface area contributed by atoms with Crippen LogP contribution in [0.2, 0.25) is 5.02 Å². The molecule has 0 amide bonds. The lowest BCUT2D eigenvalue weighted by molar-refractivity contribution is 0.474. The highest BCUT2D eigenvalue weighted by Gasteiger charge is 2.22. The molecule has 3 heteroatoms. The molecular formula is C9H10ClNO. The highest BCUT2D eigenvalue weighted by atomic mass is 35.5. The van der Waals surface area contributed by atoms with Crippen LogP contribution < -0.4 is 5.73 Å². The fraction of sp³-hybridized carbons (Fsp3) is 0.333. The maximum atomic E-state index is 9.24. The fourth-order valence-electron chi connectivity index (χ4n) is 1.74. The number of rotatable bonds is 0. The second kappa shape index (κ2) is 2.64. The summed E-state index contributed by atoms with van der Waals surface area (Å²) in [7, 11) is 0. The van der Waals surface area contributed by atoms with Crippen molar-refractivity contribution < 1.29 is 5.11 Å². The summed E-state index contributed by atoms with van der Waals surface area (Å²) in [6.45, 7) is 0. The summed E-state index contributed by atoms with van der Waals surface area (Å²) in [5.41, 5.74) is 7.93. The van der Waals surface area contributed by atoms with Gasteiger partial charge in [-0.05, 0) is 36.1 Å². The Hall–Kier alpha value is -0.730. The van der Waals surface area contributed by atoms with Gasteiger partial charge in [-0.3, -0.25) is 0 Å². The Balaban J connectivity index is 2.60. The third kappa shape index (κ3) is 1.08. The van der Waals surface area contributed by atoms with Crippen LogP contribution in [0.1, 0.15) is 23.6 Å². The van der Waals surface area contributed by atoms with E-state index in [0.29, 0.717) is 5.02 Å². The molecule has 3 N–H and O–H groups in total. The molecule has 0 aromatic heterocycles. The zero-order valence-electron chi connectivity index (χ0n) is 6.55. The van der Waals surface area contributed by atoms with Gasteiger partial charge in [0.05, 0.1) is 0 Å². The van der Waals surface area contributed by atoms with E-state index < -0.39 is 0 Å². The molecule has 0 saturated carbocycles. The van der Waals surface area contributed by atoms with Crippen molar-refractivity contribution in [2.45, 2.75) is 18.9 Å². The van der Waals surface area contributed by atoms with Crippen molar-refractivity contribution in [2.24, 2.45) is 5.73 Å². The number of nitrogens with two attached hydrogens (primary N) is 1. The maximum Gasteiger partial charge on any atom is 0.117 e. The molecule has 64 valence electrons. The van der Waals surface area contributed by atoms with E-state index in [4.69, 9.17) is 17.3 Å². The van der Waals surface area contributed by atoms with Crippen LogP contribution in [-0.2, 0) is 6.42 Å². The number of aromatic hydroxyl groups is 1. The van der Waals surface area contributed by atoms with Gasteiger partial charge in [0.25, 0.3) is 0 Å². The molecule has 1 aromatic carbocycles. The zero-order chi connectivity index (χ0) is 8.72. The lowest BCUT2D eigenvalue weighted by Crippen LogP contribution is -2.05. The average Bonchev–Trinajstić information content (AvgIpc) is 2.31. The first-order valence-corrected chi connectivity index (χ1v) is 4.33. The van der Waals surface area contributed by atoms with E-state index in [1.165, 1.54) is 0 Å². The number of aryl methyl sites for hydroxylation is 1. The summed E-state index contributed by atoms with van der Waals surface area (Å²) in [5, 5.41) is 9.83. The Bertz CT molecular complexity index is 325. The van der Waals surface area contributed by atoms with Crippen molar-refractivity contribution in [3.05, 3.63) is 28.3 Å². The summed E-state index contributed by atoms with van der Waals surface area (Å²) in [6.07, 6.45) is 1.85. The lowest BCUT2D eigenvalue weighted by atomic mass is 10.1. The molecule has 1 aromatic rings. The van der Waals surface area contributed by atoms with Crippen LogP contribution in [0.5, 0.6) is 5.75 Å². The van der Waals surface area contributed by atoms with Crippen molar-refractivity contribution in [3.8, 4) is 5.75 Å². The number of phenols is 1. The Morgan fingerprint density at radius 2 is 2.25 bits per heavy atom. The first-order valence-electron chi connectivity index (χ1n) is 3.95. The molecule has 1 atom stereocenters. The van der Waals surface area contributed by atoms with Crippen LogP contribution in [0, 0.1) is 0 Å². The quantitative estimate of drug-likeness (QED) is 0.646. The predicted octanol–water partition coefficient (Wildman–Crippen LogP) is 1.99. The molecule has 0 aliphatic heterocycles. The van der Waals surface area contributed by atoms with Gasteiger partial charge < -0.3 is 10.8 Å².